The van der Waals surface area contributed by atoms with Crippen LogP contribution in [-0.2, 0) is 21.4 Å². The Balaban J connectivity index is 1.96. The maximum Gasteiger partial charge on any atom is 0.326 e. The van der Waals surface area contributed by atoms with Crippen molar-refractivity contribution in [1.29, 1.82) is 5.26 Å². The van der Waals surface area contributed by atoms with Crippen molar-refractivity contribution in [3.05, 3.63) is 107 Å². The number of amides is 1. The number of aliphatic carboxylic acids is 1. The van der Waals surface area contributed by atoms with Crippen LogP contribution in [0.15, 0.2) is 84.9 Å². The fourth-order valence-corrected chi connectivity index (χ4v) is 3.50. The van der Waals surface area contributed by atoms with Gasteiger partial charge in [0.2, 0.25) is 5.91 Å². The molecule has 30 heavy (non-hydrogen) atoms. The second kappa shape index (κ2) is 9.06. The monoisotopic (exact) mass is 398 g/mol. The molecule has 150 valence electrons. The van der Waals surface area contributed by atoms with Gasteiger partial charge >= 0.3 is 5.97 Å². The summed E-state index contributed by atoms with van der Waals surface area (Å²) in [6.07, 6.45) is 0.0183. The van der Waals surface area contributed by atoms with Crippen LogP contribution in [0.25, 0.3) is 0 Å². The van der Waals surface area contributed by atoms with E-state index in [1.807, 2.05) is 60.7 Å². The van der Waals surface area contributed by atoms with E-state index < -0.39 is 23.3 Å². The van der Waals surface area contributed by atoms with Crippen molar-refractivity contribution in [2.75, 3.05) is 0 Å². The lowest BCUT2D eigenvalue weighted by molar-refractivity contribution is -0.142. The Morgan fingerprint density at radius 2 is 1.43 bits per heavy atom. The average molecular weight is 398 g/mol. The molecule has 0 saturated carbocycles. The number of nitriles is 1. The van der Waals surface area contributed by atoms with Crippen LogP contribution in [0.4, 0.5) is 0 Å². The second-order valence-corrected chi connectivity index (χ2v) is 7.19. The number of benzene rings is 3. The SMILES string of the molecule is CC(C(=O)N[C@H](Cc1ccccc1C#N)C(=O)O)(c1ccccc1)c1ccccc1. The topological polar surface area (TPSA) is 90.2 Å². The van der Waals surface area contributed by atoms with Crippen LogP contribution in [0.3, 0.4) is 0 Å². The van der Waals surface area contributed by atoms with Crippen LogP contribution in [-0.4, -0.2) is 23.0 Å². The van der Waals surface area contributed by atoms with E-state index in [4.69, 9.17) is 0 Å². The summed E-state index contributed by atoms with van der Waals surface area (Å²) in [7, 11) is 0. The quantitative estimate of drug-likeness (QED) is 0.635. The van der Waals surface area contributed by atoms with E-state index in [1.54, 1.807) is 31.2 Å². The molecule has 0 aromatic heterocycles. The van der Waals surface area contributed by atoms with Gasteiger partial charge in [-0.25, -0.2) is 4.79 Å². The van der Waals surface area contributed by atoms with Gasteiger partial charge in [-0.1, -0.05) is 78.9 Å². The Morgan fingerprint density at radius 3 is 1.93 bits per heavy atom. The molecule has 0 saturated heterocycles. The molecule has 0 aliphatic carbocycles. The maximum atomic E-state index is 13.5. The number of hydrogen-bond acceptors (Lipinski definition) is 3. The molecule has 0 heterocycles. The van der Waals surface area contributed by atoms with Crippen LogP contribution >= 0.6 is 0 Å². The molecule has 2 N–H and O–H groups in total. The van der Waals surface area contributed by atoms with Crippen molar-refractivity contribution in [3.63, 3.8) is 0 Å². The largest absolute Gasteiger partial charge is 0.480 e. The minimum absolute atomic E-state index is 0.0183. The zero-order valence-corrected chi connectivity index (χ0v) is 16.6. The molecule has 3 aromatic rings. The molecule has 1 amide bonds. The minimum atomic E-state index is -1.17. The predicted molar refractivity (Wildman–Crippen MR) is 114 cm³/mol. The Morgan fingerprint density at radius 1 is 0.933 bits per heavy atom. The summed E-state index contributed by atoms with van der Waals surface area (Å²) in [6.45, 7) is 1.79. The Hall–Kier alpha value is -3.91. The highest BCUT2D eigenvalue weighted by atomic mass is 16.4. The number of carboxylic acid groups (broad SMARTS) is 1. The number of nitrogens with one attached hydrogen (secondary N) is 1. The predicted octanol–water partition coefficient (Wildman–Crippen LogP) is 3.68. The Bertz CT molecular complexity index is 1030. The van der Waals surface area contributed by atoms with Crippen molar-refractivity contribution in [2.45, 2.75) is 24.8 Å². The molecule has 0 aliphatic rings. The summed E-state index contributed by atoms with van der Waals surface area (Å²) in [4.78, 5) is 25.4. The molecule has 0 bridgehead atoms. The van der Waals surface area contributed by atoms with Crippen LogP contribution in [0.1, 0.15) is 29.2 Å². The lowest BCUT2D eigenvalue weighted by atomic mass is 9.75. The van der Waals surface area contributed by atoms with Gasteiger partial charge in [0.1, 0.15) is 6.04 Å². The van der Waals surface area contributed by atoms with Gasteiger partial charge in [0.05, 0.1) is 17.0 Å². The van der Waals surface area contributed by atoms with Crippen molar-refractivity contribution in [1.82, 2.24) is 5.32 Å². The summed E-state index contributed by atoms with van der Waals surface area (Å²) in [5, 5.41) is 21.8. The molecule has 3 rings (SSSR count). The fraction of sp³-hybridized carbons (Fsp3) is 0.160. The molecule has 5 nitrogen and oxygen atoms in total. The highest BCUT2D eigenvalue weighted by Gasteiger charge is 2.39. The maximum absolute atomic E-state index is 13.5. The van der Waals surface area contributed by atoms with Crippen molar-refractivity contribution < 1.29 is 14.7 Å². The molecular formula is C25H22N2O3. The standard InChI is InChI=1S/C25H22N2O3/c1-25(20-12-4-2-5-13-20,21-14-6-3-7-15-21)24(30)27-22(23(28)29)16-18-10-8-9-11-19(18)17-26/h2-15,22H,16H2,1H3,(H,27,30)(H,28,29)/t22-/m1/s1. The first-order valence-corrected chi connectivity index (χ1v) is 9.59. The van der Waals surface area contributed by atoms with Crippen LogP contribution in [0.2, 0.25) is 0 Å². The zero-order chi connectivity index (χ0) is 21.6. The Kier molecular flexibility index (Phi) is 6.29. The summed E-state index contributed by atoms with van der Waals surface area (Å²) >= 11 is 0. The third kappa shape index (κ3) is 4.23. The third-order valence-electron chi connectivity index (χ3n) is 5.32. The molecule has 0 fully saturated rings. The molecule has 1 atom stereocenters. The molecule has 5 heteroatoms. The van der Waals surface area contributed by atoms with Crippen LogP contribution in [0.5, 0.6) is 0 Å². The van der Waals surface area contributed by atoms with E-state index >= 15 is 0 Å². The summed E-state index contributed by atoms with van der Waals surface area (Å²) in [6, 6.07) is 26.2. The van der Waals surface area contributed by atoms with Gasteiger partial charge in [0.15, 0.2) is 0 Å². The molecular weight excluding hydrogens is 376 g/mol. The normalized spacial score (nSPS) is 11.9. The number of rotatable bonds is 7. The number of hydrogen-bond donors (Lipinski definition) is 2. The lowest BCUT2D eigenvalue weighted by Gasteiger charge is -2.31. The van der Waals surface area contributed by atoms with E-state index in [2.05, 4.69) is 11.4 Å². The van der Waals surface area contributed by atoms with Crippen LogP contribution < -0.4 is 5.32 Å². The van der Waals surface area contributed by atoms with Gasteiger partial charge in [0.25, 0.3) is 0 Å². The molecule has 3 aromatic carbocycles. The van der Waals surface area contributed by atoms with Gasteiger partial charge in [-0.05, 0) is 29.7 Å². The van der Waals surface area contributed by atoms with E-state index in [0.717, 1.165) is 11.1 Å². The van der Waals surface area contributed by atoms with E-state index in [1.165, 1.54) is 0 Å². The van der Waals surface area contributed by atoms with E-state index in [0.29, 0.717) is 11.1 Å². The summed E-state index contributed by atoms with van der Waals surface area (Å²) < 4.78 is 0. The molecule has 0 aliphatic heterocycles. The minimum Gasteiger partial charge on any atom is -0.480 e. The van der Waals surface area contributed by atoms with E-state index in [-0.39, 0.29) is 6.42 Å². The molecule has 0 spiro atoms. The van der Waals surface area contributed by atoms with Gasteiger partial charge in [-0.3, -0.25) is 4.79 Å². The van der Waals surface area contributed by atoms with Gasteiger partial charge in [0, 0.05) is 6.42 Å². The average Bonchev–Trinajstić information content (AvgIpc) is 2.79. The first kappa shape index (κ1) is 20.8. The van der Waals surface area contributed by atoms with Gasteiger partial charge < -0.3 is 10.4 Å². The first-order chi connectivity index (χ1) is 14.5. The number of carboxylic acids is 1. The highest BCUT2D eigenvalue weighted by molar-refractivity contribution is 5.94. The number of carbonyl (C=O) groups excluding carboxylic acids is 1. The van der Waals surface area contributed by atoms with Crippen LogP contribution in [0, 0.1) is 11.3 Å². The second-order valence-electron chi connectivity index (χ2n) is 7.19. The smallest absolute Gasteiger partial charge is 0.326 e. The molecule has 0 radical (unpaired) electrons. The first-order valence-electron chi connectivity index (χ1n) is 9.59. The zero-order valence-electron chi connectivity index (χ0n) is 16.6. The summed E-state index contributed by atoms with van der Waals surface area (Å²) in [5.74, 6) is -1.57. The van der Waals surface area contributed by atoms with Crippen molar-refractivity contribution in [2.24, 2.45) is 0 Å². The number of carbonyl (C=O) groups is 2. The van der Waals surface area contributed by atoms with Gasteiger partial charge in [-0.15, -0.1) is 0 Å². The Labute approximate surface area is 175 Å². The van der Waals surface area contributed by atoms with Gasteiger partial charge in [-0.2, -0.15) is 5.26 Å². The summed E-state index contributed by atoms with van der Waals surface area (Å²) in [5.41, 5.74) is 1.41. The van der Waals surface area contributed by atoms with Crippen molar-refractivity contribution >= 4 is 11.9 Å². The number of nitrogens with zero attached hydrogens (tertiary/aromatic N) is 1. The fourth-order valence-electron chi connectivity index (χ4n) is 3.50. The lowest BCUT2D eigenvalue weighted by Crippen LogP contribution is -2.50. The van der Waals surface area contributed by atoms with E-state index in [9.17, 15) is 20.0 Å². The van der Waals surface area contributed by atoms with Crippen molar-refractivity contribution in [3.8, 4) is 6.07 Å². The highest BCUT2D eigenvalue weighted by Crippen LogP contribution is 2.32. The third-order valence-corrected chi connectivity index (χ3v) is 5.32. The molecule has 0 unspecified atom stereocenters.